The fraction of sp³-hybridized carbons (Fsp3) is 0.389. The van der Waals surface area contributed by atoms with Crippen LogP contribution in [0.4, 0.5) is 14.5 Å². The molecule has 1 amide bonds. The average molecular weight is 693 g/mol. The molecule has 12 heteroatoms. The van der Waals surface area contributed by atoms with Gasteiger partial charge < -0.3 is 19.0 Å². The van der Waals surface area contributed by atoms with Gasteiger partial charge in [-0.05, 0) is 35.3 Å². The normalized spacial score (nSPS) is 17.6. The van der Waals surface area contributed by atoms with E-state index in [9.17, 15) is 9.70 Å². The SMILES string of the molecule is CC1CN(c2c(CO[Si](c3ccccc3)(c3ccccc3)C(C)(C)C)cc(C(N=O)c3ncc(C(=O)N(C)C)s3)c(F)c2F)CC(C)O1. The zero-order valence-corrected chi connectivity index (χ0v) is 30.2. The van der Waals surface area contributed by atoms with Crippen LogP contribution in [0, 0.1) is 16.5 Å². The van der Waals surface area contributed by atoms with Crippen LogP contribution in [0.3, 0.4) is 0 Å². The smallest absolute Gasteiger partial charge is 0.265 e. The number of halogens is 2. The summed E-state index contributed by atoms with van der Waals surface area (Å²) in [4.78, 5) is 32.6. The van der Waals surface area contributed by atoms with E-state index in [-0.39, 0.29) is 50.9 Å². The molecule has 254 valence electrons. The molecule has 2 heterocycles. The predicted molar refractivity (Wildman–Crippen MR) is 189 cm³/mol. The van der Waals surface area contributed by atoms with Gasteiger partial charge in [0.25, 0.3) is 14.2 Å². The molecule has 0 saturated carbocycles. The van der Waals surface area contributed by atoms with Gasteiger partial charge in [-0.25, -0.2) is 13.8 Å². The topological polar surface area (TPSA) is 84.3 Å². The summed E-state index contributed by atoms with van der Waals surface area (Å²) >= 11 is 0.929. The van der Waals surface area contributed by atoms with Crippen molar-refractivity contribution >= 4 is 41.6 Å². The highest BCUT2D eigenvalue weighted by Crippen LogP contribution is 2.41. The number of ether oxygens (including phenoxy) is 1. The summed E-state index contributed by atoms with van der Waals surface area (Å²) in [5, 5.41) is 4.99. The molecule has 4 aromatic rings. The van der Waals surface area contributed by atoms with Gasteiger partial charge in [0.1, 0.15) is 9.88 Å². The number of rotatable bonds is 10. The van der Waals surface area contributed by atoms with E-state index in [1.807, 2.05) is 50.2 Å². The van der Waals surface area contributed by atoms with Gasteiger partial charge >= 0.3 is 0 Å². The van der Waals surface area contributed by atoms with E-state index in [1.54, 1.807) is 19.0 Å². The van der Waals surface area contributed by atoms with E-state index in [4.69, 9.17) is 9.16 Å². The zero-order chi connectivity index (χ0) is 34.8. The fourth-order valence-corrected chi connectivity index (χ4v) is 12.1. The lowest BCUT2D eigenvalue weighted by molar-refractivity contribution is -0.00553. The van der Waals surface area contributed by atoms with Gasteiger partial charge in [-0.3, -0.25) is 4.79 Å². The molecule has 1 aliphatic rings. The van der Waals surface area contributed by atoms with Gasteiger partial charge in [-0.15, -0.1) is 16.2 Å². The molecular weight excluding hydrogens is 651 g/mol. The number of anilines is 1. The second-order valence-electron chi connectivity index (χ2n) is 13.5. The first kappa shape index (κ1) is 35.5. The van der Waals surface area contributed by atoms with E-state index >= 15 is 8.78 Å². The molecule has 48 heavy (non-hydrogen) atoms. The van der Waals surface area contributed by atoms with Crippen LogP contribution in [-0.4, -0.2) is 63.5 Å². The van der Waals surface area contributed by atoms with E-state index in [1.165, 1.54) is 17.2 Å². The maximum absolute atomic E-state index is 16.6. The Morgan fingerprint density at radius 2 is 1.60 bits per heavy atom. The molecule has 3 unspecified atom stereocenters. The molecule has 1 fully saturated rings. The van der Waals surface area contributed by atoms with Crippen LogP contribution in [0.25, 0.3) is 0 Å². The molecule has 3 atom stereocenters. The monoisotopic (exact) mass is 692 g/mol. The Morgan fingerprint density at radius 3 is 2.10 bits per heavy atom. The molecular formula is C36H42F2N4O4SSi. The molecule has 0 bridgehead atoms. The minimum Gasteiger partial charge on any atom is -0.403 e. The van der Waals surface area contributed by atoms with E-state index in [2.05, 4.69) is 55.2 Å². The van der Waals surface area contributed by atoms with Crippen LogP contribution in [0.15, 0.2) is 78.1 Å². The molecule has 0 spiro atoms. The summed E-state index contributed by atoms with van der Waals surface area (Å²) < 4.78 is 45.9. The van der Waals surface area contributed by atoms with Crippen molar-refractivity contribution in [2.45, 2.75) is 64.5 Å². The third-order valence-electron chi connectivity index (χ3n) is 8.66. The second-order valence-corrected chi connectivity index (χ2v) is 18.9. The molecule has 3 aromatic carbocycles. The molecule has 1 aromatic heterocycles. The lowest BCUT2D eigenvalue weighted by Gasteiger charge is -2.43. The number of benzene rings is 3. The van der Waals surface area contributed by atoms with Crippen molar-refractivity contribution in [3.8, 4) is 0 Å². The number of aromatic nitrogens is 1. The Balaban J connectivity index is 1.68. The maximum Gasteiger partial charge on any atom is 0.265 e. The highest BCUT2D eigenvalue weighted by molar-refractivity contribution is 7.13. The molecule has 1 saturated heterocycles. The standard InChI is InChI=1S/C36H42F2N4O4SSi/c1-23-20-42(21-24(2)46-23)33-25(18-28(30(37)31(33)38)32(40-44)34-39-19-29(47-34)35(43)41(6)7)22-45-48(36(3,4)5,26-14-10-8-11-15-26)27-16-12-9-13-17-27/h8-19,23-24,32H,20-22H2,1-7H3. The number of nitrogens with zero attached hydrogens (tertiary/aromatic N) is 4. The molecule has 1 aliphatic heterocycles. The highest BCUT2D eigenvalue weighted by atomic mass is 32.1. The van der Waals surface area contributed by atoms with Gasteiger partial charge in [0.05, 0.1) is 30.7 Å². The molecule has 5 rings (SSSR count). The number of morpholine rings is 1. The van der Waals surface area contributed by atoms with Crippen molar-refractivity contribution in [2.24, 2.45) is 5.18 Å². The quantitative estimate of drug-likeness (QED) is 0.136. The summed E-state index contributed by atoms with van der Waals surface area (Å²) in [6.45, 7) is 10.8. The maximum atomic E-state index is 16.6. The van der Waals surface area contributed by atoms with Crippen molar-refractivity contribution in [3.63, 3.8) is 0 Å². The van der Waals surface area contributed by atoms with Crippen LogP contribution in [0.2, 0.25) is 5.04 Å². The molecule has 0 N–H and O–H groups in total. The van der Waals surface area contributed by atoms with Gasteiger partial charge in [0.15, 0.2) is 17.7 Å². The van der Waals surface area contributed by atoms with Crippen molar-refractivity contribution in [1.29, 1.82) is 0 Å². The van der Waals surface area contributed by atoms with Crippen molar-refractivity contribution in [3.05, 3.63) is 110 Å². The number of hydrogen-bond donors (Lipinski definition) is 0. The lowest BCUT2D eigenvalue weighted by Crippen LogP contribution is -2.66. The molecule has 0 aliphatic carbocycles. The second kappa shape index (κ2) is 14.3. The van der Waals surface area contributed by atoms with Gasteiger partial charge in [-0.1, -0.05) is 86.6 Å². The molecule has 0 radical (unpaired) electrons. The predicted octanol–water partition coefficient (Wildman–Crippen LogP) is 6.67. The van der Waals surface area contributed by atoms with Crippen molar-refractivity contribution < 1.29 is 22.7 Å². The van der Waals surface area contributed by atoms with Crippen LogP contribution < -0.4 is 15.3 Å². The minimum absolute atomic E-state index is 0.0687. The number of thiazole rings is 1. The Bertz CT molecular complexity index is 1700. The Morgan fingerprint density at radius 1 is 1.04 bits per heavy atom. The summed E-state index contributed by atoms with van der Waals surface area (Å²) in [7, 11) is 0.0909. The average Bonchev–Trinajstić information content (AvgIpc) is 3.53. The lowest BCUT2D eigenvalue weighted by atomic mass is 10.0. The summed E-state index contributed by atoms with van der Waals surface area (Å²) in [6, 6.07) is 20.1. The first-order valence-electron chi connectivity index (χ1n) is 15.9. The minimum atomic E-state index is -3.10. The number of nitroso groups, excluding NO2 is 1. The molecule has 8 nitrogen and oxygen atoms in total. The Hall–Kier alpha value is -3.84. The summed E-state index contributed by atoms with van der Waals surface area (Å²) in [5.41, 5.74) is 0.191. The van der Waals surface area contributed by atoms with E-state index in [0.29, 0.717) is 18.7 Å². The van der Waals surface area contributed by atoms with Crippen LogP contribution in [0.5, 0.6) is 0 Å². The third-order valence-corrected chi connectivity index (χ3v) is 14.7. The summed E-state index contributed by atoms with van der Waals surface area (Å²) in [6.07, 6.45) is 0.870. The van der Waals surface area contributed by atoms with Gasteiger partial charge in [-0.2, -0.15) is 0 Å². The van der Waals surface area contributed by atoms with Crippen LogP contribution in [-0.2, 0) is 15.8 Å². The third kappa shape index (κ3) is 6.84. The first-order valence-corrected chi connectivity index (χ1v) is 18.7. The first-order chi connectivity index (χ1) is 22.8. The van der Waals surface area contributed by atoms with Crippen LogP contribution >= 0.6 is 11.3 Å². The largest absolute Gasteiger partial charge is 0.403 e. The van der Waals surface area contributed by atoms with Gasteiger partial charge in [0.2, 0.25) is 0 Å². The zero-order valence-electron chi connectivity index (χ0n) is 28.4. The number of carbonyl (C=O) groups excluding carboxylic acids is 1. The van der Waals surface area contributed by atoms with E-state index < -0.39 is 26.0 Å². The highest BCUT2D eigenvalue weighted by Gasteiger charge is 2.50. The number of hydrogen-bond acceptors (Lipinski definition) is 8. The van der Waals surface area contributed by atoms with Crippen LogP contribution in [0.1, 0.15) is 66.5 Å². The van der Waals surface area contributed by atoms with E-state index in [0.717, 1.165) is 21.7 Å². The van der Waals surface area contributed by atoms with Crippen molar-refractivity contribution in [2.75, 3.05) is 32.1 Å². The Labute approximate surface area is 285 Å². The number of amides is 1. The Kier molecular flexibility index (Phi) is 10.6. The van der Waals surface area contributed by atoms with Crippen molar-refractivity contribution in [1.82, 2.24) is 9.88 Å². The summed E-state index contributed by atoms with van der Waals surface area (Å²) in [5.74, 6) is -2.60. The van der Waals surface area contributed by atoms with Gasteiger partial charge in [0, 0.05) is 38.3 Å². The fourth-order valence-electron chi connectivity index (χ4n) is 6.62. The number of carbonyl (C=O) groups is 1.